The van der Waals surface area contributed by atoms with Crippen molar-refractivity contribution in [1.82, 2.24) is 4.90 Å². The zero-order valence-electron chi connectivity index (χ0n) is 11.6. The highest BCUT2D eigenvalue weighted by Gasteiger charge is 2.07. The molecular weight excluding hydrogens is 226 g/mol. The fourth-order valence-electron chi connectivity index (χ4n) is 1.88. The Bertz CT molecular complexity index is 348. The smallest absolute Gasteiger partial charge is 0.123 e. The van der Waals surface area contributed by atoms with Crippen molar-refractivity contribution in [3.05, 3.63) is 29.8 Å². The Morgan fingerprint density at radius 3 is 2.50 bits per heavy atom. The first-order valence-electron chi connectivity index (χ1n) is 6.46. The van der Waals surface area contributed by atoms with Crippen molar-refractivity contribution in [2.45, 2.75) is 26.3 Å². The van der Waals surface area contributed by atoms with E-state index in [1.54, 1.807) is 7.11 Å². The molecule has 1 aromatic rings. The van der Waals surface area contributed by atoms with Gasteiger partial charge >= 0.3 is 0 Å². The summed E-state index contributed by atoms with van der Waals surface area (Å²) in [6.07, 6.45) is 2.94. The van der Waals surface area contributed by atoms with E-state index in [4.69, 9.17) is 4.74 Å². The highest BCUT2D eigenvalue weighted by molar-refractivity contribution is 5.53. The van der Waals surface area contributed by atoms with Crippen LogP contribution in [0.5, 0.6) is 5.75 Å². The van der Waals surface area contributed by atoms with E-state index in [9.17, 15) is 4.79 Å². The molecule has 1 unspecified atom stereocenters. The maximum atomic E-state index is 10.7. The summed E-state index contributed by atoms with van der Waals surface area (Å²) in [5.41, 5.74) is 1.26. The van der Waals surface area contributed by atoms with Crippen molar-refractivity contribution in [2.24, 2.45) is 5.92 Å². The number of aldehydes is 1. The van der Waals surface area contributed by atoms with E-state index in [1.165, 1.54) is 5.56 Å². The average molecular weight is 249 g/mol. The van der Waals surface area contributed by atoms with Gasteiger partial charge in [-0.3, -0.25) is 0 Å². The van der Waals surface area contributed by atoms with E-state index < -0.39 is 0 Å². The molecule has 0 aliphatic rings. The monoisotopic (exact) mass is 249 g/mol. The van der Waals surface area contributed by atoms with Gasteiger partial charge in [0.15, 0.2) is 0 Å². The minimum absolute atomic E-state index is 0.198. The topological polar surface area (TPSA) is 29.5 Å². The second-order valence-corrected chi connectivity index (χ2v) is 4.68. The fourth-order valence-corrected chi connectivity index (χ4v) is 1.88. The van der Waals surface area contributed by atoms with Crippen molar-refractivity contribution in [3.63, 3.8) is 0 Å². The molecule has 1 atom stereocenters. The third-order valence-electron chi connectivity index (χ3n) is 3.21. The fraction of sp³-hybridized carbons (Fsp3) is 0.533. The zero-order chi connectivity index (χ0) is 13.4. The van der Waals surface area contributed by atoms with E-state index >= 15 is 0 Å². The van der Waals surface area contributed by atoms with Gasteiger partial charge < -0.3 is 14.4 Å². The number of carbonyl (C=O) groups excluding carboxylic acids is 1. The number of methoxy groups -OCH3 is 1. The largest absolute Gasteiger partial charge is 0.497 e. The van der Waals surface area contributed by atoms with Gasteiger partial charge in [-0.25, -0.2) is 0 Å². The van der Waals surface area contributed by atoms with Crippen LogP contribution in [0.15, 0.2) is 24.3 Å². The molecule has 0 saturated heterocycles. The van der Waals surface area contributed by atoms with Gasteiger partial charge in [0.2, 0.25) is 0 Å². The van der Waals surface area contributed by atoms with Crippen LogP contribution in [0.25, 0.3) is 0 Å². The molecule has 0 spiro atoms. The van der Waals surface area contributed by atoms with Crippen LogP contribution in [0.3, 0.4) is 0 Å². The average Bonchev–Trinajstić information content (AvgIpc) is 2.41. The first-order chi connectivity index (χ1) is 8.69. The Balaban J connectivity index is 2.38. The third-order valence-corrected chi connectivity index (χ3v) is 3.21. The summed E-state index contributed by atoms with van der Waals surface area (Å²) in [4.78, 5) is 13.0. The summed E-state index contributed by atoms with van der Waals surface area (Å²) in [7, 11) is 3.76. The maximum absolute atomic E-state index is 10.7. The van der Waals surface area contributed by atoms with Crippen molar-refractivity contribution in [3.8, 4) is 5.75 Å². The van der Waals surface area contributed by atoms with Gasteiger partial charge in [-0.1, -0.05) is 19.1 Å². The Labute approximate surface area is 110 Å². The molecule has 3 nitrogen and oxygen atoms in total. The van der Waals surface area contributed by atoms with Gasteiger partial charge in [-0.15, -0.1) is 0 Å². The van der Waals surface area contributed by atoms with Crippen molar-refractivity contribution >= 4 is 6.29 Å². The third kappa shape index (κ3) is 4.88. The molecule has 0 aromatic heterocycles. The van der Waals surface area contributed by atoms with E-state index in [2.05, 4.69) is 31.0 Å². The molecule has 1 rings (SSSR count). The van der Waals surface area contributed by atoms with Crippen LogP contribution in [-0.2, 0) is 11.3 Å². The lowest BCUT2D eigenvalue weighted by Gasteiger charge is -2.18. The molecule has 3 heteroatoms. The number of carbonyl (C=O) groups is 1. The van der Waals surface area contributed by atoms with Crippen molar-refractivity contribution in [1.29, 1.82) is 0 Å². The number of rotatable bonds is 8. The minimum atomic E-state index is 0.198. The van der Waals surface area contributed by atoms with Crippen LogP contribution in [-0.4, -0.2) is 31.9 Å². The lowest BCUT2D eigenvalue weighted by Crippen LogP contribution is -2.21. The summed E-state index contributed by atoms with van der Waals surface area (Å²) in [6, 6.07) is 8.10. The molecule has 0 saturated carbocycles. The molecule has 0 amide bonds. The molecule has 18 heavy (non-hydrogen) atoms. The highest BCUT2D eigenvalue weighted by Crippen LogP contribution is 2.13. The highest BCUT2D eigenvalue weighted by atomic mass is 16.5. The van der Waals surface area contributed by atoms with E-state index in [0.29, 0.717) is 0 Å². The quantitative estimate of drug-likeness (QED) is 0.663. The Kier molecular flexibility index (Phi) is 6.44. The molecule has 0 aliphatic heterocycles. The predicted molar refractivity (Wildman–Crippen MR) is 73.8 cm³/mol. The summed E-state index contributed by atoms with van der Waals surface area (Å²) < 4.78 is 5.13. The number of nitrogens with zero attached hydrogens (tertiary/aromatic N) is 1. The molecule has 0 radical (unpaired) electrons. The first kappa shape index (κ1) is 14.7. The summed E-state index contributed by atoms with van der Waals surface area (Å²) in [5.74, 6) is 1.08. The van der Waals surface area contributed by atoms with Crippen molar-refractivity contribution < 1.29 is 9.53 Å². The van der Waals surface area contributed by atoms with Gasteiger partial charge in [0.1, 0.15) is 12.0 Å². The molecular formula is C15H23NO2. The molecule has 0 N–H and O–H groups in total. The summed E-state index contributed by atoms with van der Waals surface area (Å²) in [5, 5.41) is 0. The van der Waals surface area contributed by atoms with Crippen LogP contribution < -0.4 is 4.74 Å². The minimum Gasteiger partial charge on any atom is -0.497 e. The lowest BCUT2D eigenvalue weighted by atomic mass is 10.0. The molecule has 0 bridgehead atoms. The van der Waals surface area contributed by atoms with E-state index in [-0.39, 0.29) is 5.92 Å². The SMILES string of the molecule is CCC(C=O)CCN(C)Cc1ccc(OC)cc1. The van der Waals surface area contributed by atoms with Gasteiger partial charge in [0.25, 0.3) is 0 Å². The number of ether oxygens (including phenoxy) is 1. The lowest BCUT2D eigenvalue weighted by molar-refractivity contribution is -0.111. The van der Waals surface area contributed by atoms with Crippen LogP contribution in [0, 0.1) is 5.92 Å². The van der Waals surface area contributed by atoms with Crippen LogP contribution >= 0.6 is 0 Å². The van der Waals surface area contributed by atoms with Crippen molar-refractivity contribution in [2.75, 3.05) is 20.7 Å². The molecule has 1 aromatic carbocycles. The number of hydrogen-bond donors (Lipinski definition) is 0. The molecule has 0 aliphatic carbocycles. The van der Waals surface area contributed by atoms with Gasteiger partial charge in [0.05, 0.1) is 7.11 Å². The Morgan fingerprint density at radius 2 is 2.00 bits per heavy atom. The predicted octanol–water partition coefficient (Wildman–Crippen LogP) is 2.74. The Morgan fingerprint density at radius 1 is 1.33 bits per heavy atom. The normalized spacial score (nSPS) is 12.4. The van der Waals surface area contributed by atoms with Crippen LogP contribution in [0.2, 0.25) is 0 Å². The maximum Gasteiger partial charge on any atom is 0.123 e. The summed E-state index contributed by atoms with van der Waals surface area (Å²) in [6.45, 7) is 3.91. The van der Waals surface area contributed by atoms with Crippen LogP contribution in [0.1, 0.15) is 25.3 Å². The van der Waals surface area contributed by atoms with Crippen LogP contribution in [0.4, 0.5) is 0 Å². The molecule has 0 fully saturated rings. The van der Waals surface area contributed by atoms with E-state index in [0.717, 1.165) is 38.0 Å². The Hall–Kier alpha value is -1.35. The second-order valence-electron chi connectivity index (χ2n) is 4.68. The summed E-state index contributed by atoms with van der Waals surface area (Å²) >= 11 is 0. The zero-order valence-corrected chi connectivity index (χ0v) is 11.6. The second kappa shape index (κ2) is 7.88. The van der Waals surface area contributed by atoms with Gasteiger partial charge in [-0.05, 0) is 44.1 Å². The first-order valence-corrected chi connectivity index (χ1v) is 6.46. The van der Waals surface area contributed by atoms with E-state index in [1.807, 2.05) is 12.1 Å². The molecule has 100 valence electrons. The number of hydrogen-bond acceptors (Lipinski definition) is 3. The van der Waals surface area contributed by atoms with Gasteiger partial charge in [-0.2, -0.15) is 0 Å². The number of benzene rings is 1. The van der Waals surface area contributed by atoms with Gasteiger partial charge in [0, 0.05) is 12.5 Å². The molecule has 0 heterocycles. The standard InChI is InChI=1S/C15H23NO2/c1-4-13(12-17)9-10-16(2)11-14-5-7-15(18-3)8-6-14/h5-8,12-13H,4,9-11H2,1-3H3.